The third kappa shape index (κ3) is 4.36. The van der Waals surface area contributed by atoms with Crippen LogP contribution in [-0.2, 0) is 14.4 Å². The van der Waals surface area contributed by atoms with E-state index in [1.807, 2.05) is 13.8 Å². The molecule has 0 spiro atoms. The van der Waals surface area contributed by atoms with E-state index in [1.165, 1.54) is 4.90 Å². The molecule has 22 heavy (non-hydrogen) atoms. The van der Waals surface area contributed by atoms with Gasteiger partial charge in [0.2, 0.25) is 11.8 Å². The van der Waals surface area contributed by atoms with Crippen LogP contribution in [0.1, 0.15) is 33.1 Å². The average Bonchev–Trinajstić information content (AvgIpc) is 2.99. The molecule has 7 nitrogen and oxygen atoms in total. The number of nitrogens with two attached hydrogens (primary N) is 1. The van der Waals surface area contributed by atoms with Gasteiger partial charge in [-0.3, -0.25) is 9.59 Å². The minimum absolute atomic E-state index is 0.112. The number of carbonyl (C=O) groups excluding carboxylic acids is 2. The summed E-state index contributed by atoms with van der Waals surface area (Å²) >= 11 is 3.97. The van der Waals surface area contributed by atoms with Crippen molar-refractivity contribution in [3.05, 3.63) is 0 Å². The van der Waals surface area contributed by atoms with E-state index in [1.54, 1.807) is 0 Å². The predicted octanol–water partition coefficient (Wildman–Crippen LogP) is -0.150. The van der Waals surface area contributed by atoms with Gasteiger partial charge >= 0.3 is 5.97 Å². The van der Waals surface area contributed by atoms with Gasteiger partial charge in [0.25, 0.3) is 0 Å². The number of nitrogens with zero attached hydrogens (tertiary/aromatic N) is 1. The molecular weight excluding hydrogens is 306 g/mol. The monoisotopic (exact) mass is 331 g/mol. The molecule has 0 saturated carbocycles. The van der Waals surface area contributed by atoms with Crippen molar-refractivity contribution in [2.45, 2.75) is 51.2 Å². The predicted molar refractivity (Wildman–Crippen MR) is 85.6 cm³/mol. The summed E-state index contributed by atoms with van der Waals surface area (Å²) in [7, 11) is 0. The van der Waals surface area contributed by atoms with Crippen molar-refractivity contribution in [2.24, 2.45) is 11.7 Å². The highest BCUT2D eigenvalue weighted by atomic mass is 32.1. The zero-order valence-corrected chi connectivity index (χ0v) is 13.9. The van der Waals surface area contributed by atoms with E-state index in [4.69, 9.17) is 5.73 Å². The number of carboxylic acids is 1. The Bertz CT molecular complexity index is 432. The summed E-state index contributed by atoms with van der Waals surface area (Å²) in [6, 6.07) is -2.37. The van der Waals surface area contributed by atoms with Crippen LogP contribution in [0, 0.1) is 5.92 Å². The van der Waals surface area contributed by atoms with Gasteiger partial charge in [0.05, 0.1) is 6.04 Å². The molecule has 126 valence electrons. The number of amides is 2. The number of aliphatic carboxylic acids is 1. The Labute approximate surface area is 136 Å². The smallest absolute Gasteiger partial charge is 0.326 e. The fourth-order valence-corrected chi connectivity index (χ4v) is 2.66. The molecule has 0 aromatic carbocycles. The Hall–Kier alpha value is -1.28. The van der Waals surface area contributed by atoms with E-state index in [0.717, 1.165) is 0 Å². The Kier molecular flexibility index (Phi) is 7.15. The quantitative estimate of drug-likeness (QED) is 0.485. The van der Waals surface area contributed by atoms with Crippen molar-refractivity contribution in [1.29, 1.82) is 0 Å². The summed E-state index contributed by atoms with van der Waals surface area (Å²) in [5.41, 5.74) is 5.63. The normalized spacial score (nSPS) is 22.0. The van der Waals surface area contributed by atoms with Gasteiger partial charge in [-0.15, -0.1) is 0 Å². The molecular formula is C14H25N3O4S. The maximum Gasteiger partial charge on any atom is 0.326 e. The number of likely N-dealkylation sites (tertiary alicyclic amines) is 1. The zero-order valence-electron chi connectivity index (χ0n) is 13.0. The minimum atomic E-state index is -1.01. The van der Waals surface area contributed by atoms with Gasteiger partial charge in [-0.25, -0.2) is 4.79 Å². The molecule has 1 saturated heterocycles. The lowest BCUT2D eigenvalue weighted by Gasteiger charge is -2.30. The van der Waals surface area contributed by atoms with Crippen molar-refractivity contribution in [3.8, 4) is 0 Å². The van der Waals surface area contributed by atoms with E-state index in [0.29, 0.717) is 25.8 Å². The maximum absolute atomic E-state index is 12.7. The molecule has 0 aliphatic carbocycles. The molecule has 2 amide bonds. The molecule has 0 aromatic rings. The van der Waals surface area contributed by atoms with E-state index >= 15 is 0 Å². The van der Waals surface area contributed by atoms with Gasteiger partial charge in [-0.05, 0) is 18.8 Å². The average molecular weight is 331 g/mol. The van der Waals surface area contributed by atoms with Crippen molar-refractivity contribution >= 4 is 30.4 Å². The molecule has 0 unspecified atom stereocenters. The van der Waals surface area contributed by atoms with Crippen LogP contribution in [0.2, 0.25) is 0 Å². The van der Waals surface area contributed by atoms with Gasteiger partial charge in [-0.1, -0.05) is 20.3 Å². The van der Waals surface area contributed by atoms with E-state index in [-0.39, 0.29) is 17.6 Å². The van der Waals surface area contributed by atoms with Crippen LogP contribution >= 0.6 is 12.6 Å². The Morgan fingerprint density at radius 1 is 1.45 bits per heavy atom. The van der Waals surface area contributed by atoms with Gasteiger partial charge < -0.3 is 21.1 Å². The Morgan fingerprint density at radius 3 is 2.59 bits per heavy atom. The number of thiol groups is 1. The fraction of sp³-hybridized carbons (Fsp3) is 0.786. The van der Waals surface area contributed by atoms with E-state index < -0.39 is 30.0 Å². The first kappa shape index (κ1) is 18.8. The SMILES string of the molecule is CC[C@H](C)[C@H](NC(=O)[C@@H](N)CS)C(=O)N1CCC[C@@H]1C(=O)O. The lowest BCUT2D eigenvalue weighted by Crippen LogP contribution is -2.57. The third-order valence-corrected chi connectivity index (χ3v) is 4.52. The number of carbonyl (C=O) groups is 3. The second-order valence-electron chi connectivity index (χ2n) is 5.69. The zero-order chi connectivity index (χ0) is 16.9. The minimum Gasteiger partial charge on any atom is -0.480 e. The van der Waals surface area contributed by atoms with Crippen LogP contribution < -0.4 is 11.1 Å². The summed E-state index contributed by atoms with van der Waals surface area (Å²) in [5.74, 6) is -1.74. The number of nitrogens with one attached hydrogen (secondary N) is 1. The molecule has 1 fully saturated rings. The lowest BCUT2D eigenvalue weighted by atomic mass is 9.97. The second-order valence-corrected chi connectivity index (χ2v) is 6.05. The Balaban J connectivity index is 2.89. The van der Waals surface area contributed by atoms with Crippen LogP contribution in [0.25, 0.3) is 0 Å². The fourth-order valence-electron chi connectivity index (χ4n) is 2.49. The largest absolute Gasteiger partial charge is 0.480 e. The van der Waals surface area contributed by atoms with Crippen LogP contribution in [-0.4, -0.2) is 58.2 Å². The van der Waals surface area contributed by atoms with E-state index in [2.05, 4.69) is 17.9 Å². The highest BCUT2D eigenvalue weighted by Crippen LogP contribution is 2.21. The van der Waals surface area contributed by atoms with Gasteiger partial charge in [0.1, 0.15) is 12.1 Å². The number of carboxylic acid groups (broad SMARTS) is 1. The number of hydrogen-bond donors (Lipinski definition) is 4. The summed E-state index contributed by atoms with van der Waals surface area (Å²) in [5, 5.41) is 11.9. The third-order valence-electron chi connectivity index (χ3n) is 4.13. The molecule has 4 N–H and O–H groups in total. The van der Waals surface area contributed by atoms with Crippen LogP contribution in [0.5, 0.6) is 0 Å². The van der Waals surface area contributed by atoms with E-state index in [9.17, 15) is 19.5 Å². The molecule has 1 heterocycles. The lowest BCUT2D eigenvalue weighted by molar-refractivity contribution is -0.150. The topological polar surface area (TPSA) is 113 Å². The second kappa shape index (κ2) is 8.38. The maximum atomic E-state index is 12.7. The first-order chi connectivity index (χ1) is 10.3. The van der Waals surface area contributed by atoms with Crippen LogP contribution in [0.15, 0.2) is 0 Å². The van der Waals surface area contributed by atoms with Crippen molar-refractivity contribution < 1.29 is 19.5 Å². The molecule has 1 aliphatic heterocycles. The molecule has 8 heteroatoms. The highest BCUT2D eigenvalue weighted by Gasteiger charge is 2.39. The van der Waals surface area contributed by atoms with Gasteiger partial charge in [-0.2, -0.15) is 12.6 Å². The molecule has 1 aliphatic rings. The Morgan fingerprint density at radius 2 is 2.09 bits per heavy atom. The summed E-state index contributed by atoms with van der Waals surface area (Å²) in [6.07, 6.45) is 1.77. The molecule has 0 bridgehead atoms. The highest BCUT2D eigenvalue weighted by molar-refractivity contribution is 7.80. The molecule has 0 radical (unpaired) electrons. The molecule has 4 atom stereocenters. The van der Waals surface area contributed by atoms with Crippen LogP contribution in [0.3, 0.4) is 0 Å². The summed E-state index contributed by atoms with van der Waals surface area (Å²) < 4.78 is 0. The van der Waals surface area contributed by atoms with Crippen LogP contribution in [0.4, 0.5) is 0 Å². The van der Waals surface area contributed by atoms with Crippen molar-refractivity contribution in [2.75, 3.05) is 12.3 Å². The number of hydrogen-bond acceptors (Lipinski definition) is 5. The molecule has 1 rings (SSSR count). The van der Waals surface area contributed by atoms with Gasteiger partial charge in [0, 0.05) is 12.3 Å². The summed E-state index contributed by atoms with van der Waals surface area (Å²) in [4.78, 5) is 37.3. The number of rotatable bonds is 7. The standard InChI is InChI=1S/C14H25N3O4S/c1-3-8(2)11(16-12(18)9(15)7-22)13(19)17-6-4-5-10(17)14(20)21/h8-11,22H,3-7,15H2,1-2H3,(H,16,18)(H,20,21)/t8-,9-,10+,11-/m0/s1. The first-order valence-corrected chi connectivity index (χ1v) is 8.16. The molecule has 0 aromatic heterocycles. The van der Waals surface area contributed by atoms with Crippen molar-refractivity contribution in [1.82, 2.24) is 10.2 Å². The summed E-state index contributed by atoms with van der Waals surface area (Å²) in [6.45, 7) is 4.16. The van der Waals surface area contributed by atoms with Gasteiger partial charge in [0.15, 0.2) is 0 Å². The van der Waals surface area contributed by atoms with Crippen molar-refractivity contribution in [3.63, 3.8) is 0 Å². The first-order valence-electron chi connectivity index (χ1n) is 7.53.